The summed E-state index contributed by atoms with van der Waals surface area (Å²) in [5, 5.41) is 17.9. The van der Waals surface area contributed by atoms with E-state index < -0.39 is 28.2 Å². The molecule has 0 unspecified atom stereocenters. The Morgan fingerprint density at radius 1 is 1.47 bits per heavy atom. The predicted molar refractivity (Wildman–Crippen MR) is 70.7 cm³/mol. The van der Waals surface area contributed by atoms with E-state index in [2.05, 4.69) is 4.72 Å². The number of rotatable bonds is 5. The van der Waals surface area contributed by atoms with Gasteiger partial charge in [0.15, 0.2) is 0 Å². The lowest BCUT2D eigenvalue weighted by molar-refractivity contribution is -0.136. The summed E-state index contributed by atoms with van der Waals surface area (Å²) in [6.45, 7) is 0. The van der Waals surface area contributed by atoms with Crippen molar-refractivity contribution in [2.45, 2.75) is 25.7 Å². The second-order valence-corrected chi connectivity index (χ2v) is 7.18. The van der Waals surface area contributed by atoms with Crippen molar-refractivity contribution in [1.82, 2.24) is 0 Å². The van der Waals surface area contributed by atoms with Gasteiger partial charge < -0.3 is 5.11 Å². The van der Waals surface area contributed by atoms with E-state index in [0.717, 1.165) is 29.7 Å². The van der Waals surface area contributed by atoms with Crippen molar-refractivity contribution in [3.63, 3.8) is 0 Å². The fourth-order valence-electron chi connectivity index (χ4n) is 2.01. The number of nitrogens with one attached hydrogen (secondary N) is 1. The molecule has 0 aliphatic heterocycles. The van der Waals surface area contributed by atoms with Gasteiger partial charge in [-0.1, -0.05) is 0 Å². The number of sulfonamides is 1. The number of nitrogens with zero attached hydrogens (tertiary/aromatic N) is 1. The van der Waals surface area contributed by atoms with Crippen molar-refractivity contribution in [1.29, 1.82) is 5.26 Å². The molecule has 2 N–H and O–H groups in total. The standard InChI is InChI=1S/C11H12N2O4S2/c12-6-8-7-2-1-3-9(7)18-11(8)13-19(16,17)5-4-10(14)15/h13H,1-5H2,(H,14,15). The zero-order chi connectivity index (χ0) is 14.0. The number of aryl methyl sites for hydroxylation is 1. The van der Waals surface area contributed by atoms with Crippen LogP contribution in [-0.4, -0.2) is 25.2 Å². The Bertz CT molecular complexity index is 655. The minimum atomic E-state index is -3.72. The molecule has 0 bridgehead atoms. The molecule has 0 fully saturated rings. The first-order chi connectivity index (χ1) is 8.93. The van der Waals surface area contributed by atoms with Gasteiger partial charge in [0, 0.05) is 4.88 Å². The highest BCUT2D eigenvalue weighted by atomic mass is 32.2. The summed E-state index contributed by atoms with van der Waals surface area (Å²) >= 11 is 1.27. The van der Waals surface area contributed by atoms with Crippen LogP contribution in [0.5, 0.6) is 0 Å². The zero-order valence-corrected chi connectivity index (χ0v) is 11.6. The second-order valence-electron chi connectivity index (χ2n) is 4.24. The van der Waals surface area contributed by atoms with Gasteiger partial charge in [-0.3, -0.25) is 9.52 Å². The van der Waals surface area contributed by atoms with Crippen LogP contribution in [-0.2, 0) is 27.7 Å². The fraction of sp³-hybridized carbons (Fsp3) is 0.455. The Hall–Kier alpha value is -1.59. The maximum Gasteiger partial charge on any atom is 0.304 e. The van der Waals surface area contributed by atoms with Gasteiger partial charge in [0.1, 0.15) is 11.1 Å². The number of hydrogen-bond donors (Lipinski definition) is 2. The van der Waals surface area contributed by atoms with E-state index in [4.69, 9.17) is 10.4 Å². The predicted octanol–water partition coefficient (Wildman–Crippen LogP) is 1.32. The van der Waals surface area contributed by atoms with Gasteiger partial charge in [0.2, 0.25) is 10.0 Å². The van der Waals surface area contributed by atoms with E-state index in [1.165, 1.54) is 11.3 Å². The summed E-state index contributed by atoms with van der Waals surface area (Å²) in [4.78, 5) is 11.4. The highest BCUT2D eigenvalue weighted by Gasteiger charge is 2.24. The molecule has 0 amide bonds. The largest absolute Gasteiger partial charge is 0.481 e. The van der Waals surface area contributed by atoms with E-state index in [-0.39, 0.29) is 0 Å². The molecule has 0 saturated heterocycles. The third-order valence-electron chi connectivity index (χ3n) is 2.87. The maximum atomic E-state index is 11.7. The Labute approximate surface area is 114 Å². The molecule has 1 heterocycles. The van der Waals surface area contributed by atoms with E-state index in [1.807, 2.05) is 6.07 Å². The van der Waals surface area contributed by atoms with Crippen LogP contribution in [0.1, 0.15) is 28.8 Å². The lowest BCUT2D eigenvalue weighted by atomic mass is 10.1. The quantitative estimate of drug-likeness (QED) is 0.853. The number of aliphatic carboxylic acids is 1. The van der Waals surface area contributed by atoms with Gasteiger partial charge in [0.25, 0.3) is 0 Å². The Morgan fingerprint density at radius 2 is 2.21 bits per heavy atom. The van der Waals surface area contributed by atoms with Gasteiger partial charge in [0.05, 0.1) is 17.7 Å². The summed E-state index contributed by atoms with van der Waals surface area (Å²) in [7, 11) is -3.72. The van der Waals surface area contributed by atoms with E-state index in [1.54, 1.807) is 0 Å². The fourth-order valence-corrected chi connectivity index (χ4v) is 4.58. The number of carboxylic acid groups (broad SMARTS) is 1. The average molecular weight is 300 g/mol. The molecule has 19 heavy (non-hydrogen) atoms. The Kier molecular flexibility index (Phi) is 3.78. The highest BCUT2D eigenvalue weighted by molar-refractivity contribution is 7.92. The number of carboxylic acids is 1. The number of fused-ring (bicyclic) bond motifs is 1. The molecule has 0 aromatic carbocycles. The molecule has 8 heteroatoms. The molecule has 1 aromatic rings. The number of nitriles is 1. The van der Waals surface area contributed by atoms with Crippen LogP contribution in [0.4, 0.5) is 5.00 Å². The Morgan fingerprint density at radius 3 is 2.84 bits per heavy atom. The third-order valence-corrected chi connectivity index (χ3v) is 5.46. The SMILES string of the molecule is N#Cc1c(NS(=O)(=O)CCC(=O)O)sc2c1CCC2. The second kappa shape index (κ2) is 5.19. The van der Waals surface area contributed by atoms with Gasteiger partial charge in [-0.15, -0.1) is 11.3 Å². The molecule has 0 atom stereocenters. The normalized spacial score (nSPS) is 13.8. The minimum absolute atomic E-state index is 0.317. The van der Waals surface area contributed by atoms with Crippen LogP contribution in [0.25, 0.3) is 0 Å². The minimum Gasteiger partial charge on any atom is -0.481 e. The van der Waals surface area contributed by atoms with E-state index >= 15 is 0 Å². The van der Waals surface area contributed by atoms with Gasteiger partial charge in [-0.05, 0) is 24.8 Å². The van der Waals surface area contributed by atoms with Crippen molar-refractivity contribution < 1.29 is 18.3 Å². The summed E-state index contributed by atoms with van der Waals surface area (Å²) in [5.74, 6) is -1.66. The number of carbonyl (C=O) groups is 1. The summed E-state index contributed by atoms with van der Waals surface area (Å²) in [5.41, 5.74) is 1.32. The molecule has 1 aromatic heterocycles. The van der Waals surface area contributed by atoms with E-state index in [9.17, 15) is 13.2 Å². The van der Waals surface area contributed by atoms with Crippen LogP contribution < -0.4 is 4.72 Å². The topological polar surface area (TPSA) is 107 Å². The van der Waals surface area contributed by atoms with E-state index in [0.29, 0.717) is 10.6 Å². The molecule has 2 rings (SSSR count). The highest BCUT2D eigenvalue weighted by Crippen LogP contribution is 2.38. The molecule has 0 saturated carbocycles. The molecule has 1 aliphatic rings. The number of thiophene rings is 1. The van der Waals surface area contributed by atoms with Crippen LogP contribution in [0.2, 0.25) is 0 Å². The van der Waals surface area contributed by atoms with Crippen LogP contribution in [0.3, 0.4) is 0 Å². The number of anilines is 1. The first-order valence-corrected chi connectivity index (χ1v) is 8.17. The summed E-state index contributed by atoms with van der Waals surface area (Å²) in [6.07, 6.45) is 2.20. The molecule has 102 valence electrons. The van der Waals surface area contributed by atoms with Gasteiger partial charge >= 0.3 is 5.97 Å². The van der Waals surface area contributed by atoms with Crippen molar-refractivity contribution >= 4 is 32.3 Å². The van der Waals surface area contributed by atoms with Crippen molar-refractivity contribution in [2.75, 3.05) is 10.5 Å². The molecule has 6 nitrogen and oxygen atoms in total. The van der Waals surface area contributed by atoms with Crippen LogP contribution in [0.15, 0.2) is 0 Å². The Balaban J connectivity index is 2.20. The maximum absolute atomic E-state index is 11.7. The molecular weight excluding hydrogens is 288 g/mol. The molecule has 0 radical (unpaired) electrons. The van der Waals surface area contributed by atoms with Crippen molar-refractivity contribution in [3.05, 3.63) is 16.0 Å². The lowest BCUT2D eigenvalue weighted by Crippen LogP contribution is -2.18. The zero-order valence-electron chi connectivity index (χ0n) is 9.97. The van der Waals surface area contributed by atoms with Crippen LogP contribution in [0, 0.1) is 11.3 Å². The van der Waals surface area contributed by atoms with Gasteiger partial charge in [-0.25, -0.2) is 8.42 Å². The third kappa shape index (κ3) is 3.05. The van der Waals surface area contributed by atoms with Crippen LogP contribution >= 0.6 is 11.3 Å². The smallest absolute Gasteiger partial charge is 0.304 e. The monoisotopic (exact) mass is 300 g/mol. The molecule has 0 spiro atoms. The summed E-state index contributed by atoms with van der Waals surface area (Å²) in [6, 6.07) is 2.03. The summed E-state index contributed by atoms with van der Waals surface area (Å²) < 4.78 is 25.8. The van der Waals surface area contributed by atoms with Crippen molar-refractivity contribution in [2.24, 2.45) is 0 Å². The number of hydrogen-bond acceptors (Lipinski definition) is 5. The van der Waals surface area contributed by atoms with Crippen molar-refractivity contribution in [3.8, 4) is 6.07 Å². The molecular formula is C11H12N2O4S2. The first kappa shape index (κ1) is 13.8. The molecule has 1 aliphatic carbocycles. The van der Waals surface area contributed by atoms with Gasteiger partial charge in [-0.2, -0.15) is 5.26 Å². The lowest BCUT2D eigenvalue weighted by Gasteiger charge is -2.05. The average Bonchev–Trinajstić information content (AvgIpc) is 2.86. The first-order valence-electron chi connectivity index (χ1n) is 5.70.